The van der Waals surface area contributed by atoms with E-state index in [0.717, 1.165) is 12.8 Å². The second-order valence-corrected chi connectivity index (χ2v) is 7.22. The van der Waals surface area contributed by atoms with E-state index in [4.69, 9.17) is 0 Å². The summed E-state index contributed by atoms with van der Waals surface area (Å²) in [5.74, 6) is 0.106. The maximum atomic E-state index is 12.5. The molecule has 1 aromatic heterocycles. The van der Waals surface area contributed by atoms with Crippen molar-refractivity contribution in [1.29, 1.82) is 0 Å². The summed E-state index contributed by atoms with van der Waals surface area (Å²) in [4.78, 5) is 13.7. The van der Waals surface area contributed by atoms with Crippen molar-refractivity contribution in [2.45, 2.75) is 50.7 Å². The van der Waals surface area contributed by atoms with Crippen molar-refractivity contribution in [3.8, 4) is 0 Å². The largest absolute Gasteiger partial charge is 0.352 e. The lowest BCUT2D eigenvalue weighted by Gasteiger charge is -2.24. The normalized spacial score (nSPS) is 17.8. The van der Waals surface area contributed by atoms with Gasteiger partial charge in [-0.2, -0.15) is 0 Å². The standard InChI is InChI=1S/C19H24N2OS/c1-14(19(22)21-16-10-5-6-11-16)20-18(17-12-7-13-23-17)15-8-3-2-4-9-15/h2-4,7-9,12-14,16,18,20H,5-6,10-11H2,1H3,(H,21,22)/t14-,18-/m1/s1. The molecule has 0 radical (unpaired) electrons. The molecule has 1 aromatic carbocycles. The average molecular weight is 328 g/mol. The fraction of sp³-hybridized carbons (Fsp3) is 0.421. The van der Waals surface area contributed by atoms with Crippen LogP contribution < -0.4 is 10.6 Å². The molecule has 2 aromatic rings. The van der Waals surface area contributed by atoms with Gasteiger partial charge in [-0.3, -0.25) is 10.1 Å². The van der Waals surface area contributed by atoms with E-state index in [9.17, 15) is 4.79 Å². The average Bonchev–Trinajstić information content (AvgIpc) is 3.26. The van der Waals surface area contributed by atoms with E-state index in [1.165, 1.54) is 23.3 Å². The number of thiophene rings is 1. The van der Waals surface area contributed by atoms with Gasteiger partial charge < -0.3 is 5.32 Å². The van der Waals surface area contributed by atoms with Gasteiger partial charge in [0, 0.05) is 10.9 Å². The Hall–Kier alpha value is -1.65. The Kier molecular flexibility index (Phi) is 5.47. The summed E-state index contributed by atoms with van der Waals surface area (Å²) in [6.45, 7) is 1.95. The molecular weight excluding hydrogens is 304 g/mol. The van der Waals surface area contributed by atoms with Crippen molar-refractivity contribution < 1.29 is 4.79 Å². The van der Waals surface area contributed by atoms with Gasteiger partial charge in [0.1, 0.15) is 0 Å². The Labute approximate surface area is 142 Å². The molecule has 0 unspecified atom stereocenters. The summed E-state index contributed by atoms with van der Waals surface area (Å²) in [5.41, 5.74) is 1.19. The molecule has 1 fully saturated rings. The van der Waals surface area contributed by atoms with E-state index in [1.54, 1.807) is 11.3 Å². The fourth-order valence-electron chi connectivity index (χ4n) is 3.17. The fourth-order valence-corrected chi connectivity index (χ4v) is 3.98. The molecule has 0 saturated heterocycles. The summed E-state index contributed by atoms with van der Waals surface area (Å²) in [5, 5.41) is 8.77. The molecule has 23 heavy (non-hydrogen) atoms. The monoisotopic (exact) mass is 328 g/mol. The number of hydrogen-bond acceptors (Lipinski definition) is 3. The van der Waals surface area contributed by atoms with Crippen molar-refractivity contribution >= 4 is 17.2 Å². The molecule has 1 aliphatic rings. The van der Waals surface area contributed by atoms with Crippen molar-refractivity contribution in [3.05, 3.63) is 58.3 Å². The number of rotatable bonds is 6. The first-order chi connectivity index (χ1) is 11.2. The number of hydrogen-bond donors (Lipinski definition) is 2. The molecule has 3 rings (SSSR count). The lowest BCUT2D eigenvalue weighted by molar-refractivity contribution is -0.123. The first-order valence-corrected chi connectivity index (χ1v) is 9.27. The van der Waals surface area contributed by atoms with Crippen LogP contribution in [0, 0.1) is 0 Å². The maximum Gasteiger partial charge on any atom is 0.237 e. The predicted molar refractivity (Wildman–Crippen MR) is 95.6 cm³/mol. The first-order valence-electron chi connectivity index (χ1n) is 8.39. The third-order valence-electron chi connectivity index (χ3n) is 4.47. The van der Waals surface area contributed by atoms with Crippen LogP contribution in [0.15, 0.2) is 47.8 Å². The summed E-state index contributed by atoms with van der Waals surface area (Å²) >= 11 is 1.72. The quantitative estimate of drug-likeness (QED) is 0.845. The SMILES string of the molecule is C[C@@H](N[C@H](c1ccccc1)c1cccs1)C(=O)NC1CCCC1. The smallest absolute Gasteiger partial charge is 0.237 e. The Morgan fingerprint density at radius 1 is 1.13 bits per heavy atom. The van der Waals surface area contributed by atoms with Gasteiger partial charge >= 0.3 is 0 Å². The zero-order valence-corrected chi connectivity index (χ0v) is 14.3. The molecule has 3 nitrogen and oxygen atoms in total. The molecule has 122 valence electrons. The number of amides is 1. The number of benzene rings is 1. The van der Waals surface area contributed by atoms with Crippen LogP contribution in [-0.4, -0.2) is 18.0 Å². The van der Waals surface area contributed by atoms with Crippen LogP contribution in [-0.2, 0) is 4.79 Å². The van der Waals surface area contributed by atoms with E-state index in [1.807, 2.05) is 25.1 Å². The Balaban J connectivity index is 1.69. The summed E-state index contributed by atoms with van der Waals surface area (Å²) < 4.78 is 0. The molecule has 4 heteroatoms. The lowest BCUT2D eigenvalue weighted by atomic mass is 10.0. The first kappa shape index (κ1) is 16.2. The van der Waals surface area contributed by atoms with Crippen molar-refractivity contribution in [3.63, 3.8) is 0 Å². The van der Waals surface area contributed by atoms with Gasteiger partial charge in [0.25, 0.3) is 0 Å². The van der Waals surface area contributed by atoms with Crippen LogP contribution in [0.1, 0.15) is 49.1 Å². The molecule has 0 aliphatic heterocycles. The highest BCUT2D eigenvalue weighted by molar-refractivity contribution is 7.10. The summed E-state index contributed by atoms with van der Waals surface area (Å²) in [6.07, 6.45) is 4.69. The Morgan fingerprint density at radius 3 is 2.52 bits per heavy atom. The van der Waals surface area contributed by atoms with Gasteiger partial charge in [0.15, 0.2) is 0 Å². The van der Waals surface area contributed by atoms with Crippen LogP contribution in [0.4, 0.5) is 0 Å². The highest BCUT2D eigenvalue weighted by Gasteiger charge is 2.24. The lowest BCUT2D eigenvalue weighted by Crippen LogP contribution is -2.46. The van der Waals surface area contributed by atoms with Crippen molar-refractivity contribution in [2.24, 2.45) is 0 Å². The van der Waals surface area contributed by atoms with E-state index in [0.29, 0.717) is 6.04 Å². The minimum atomic E-state index is -0.220. The zero-order chi connectivity index (χ0) is 16.1. The number of carbonyl (C=O) groups excluding carboxylic acids is 1. The molecule has 0 spiro atoms. The van der Waals surface area contributed by atoms with Crippen molar-refractivity contribution in [1.82, 2.24) is 10.6 Å². The number of nitrogens with one attached hydrogen (secondary N) is 2. The predicted octanol–water partition coefficient (Wildman–Crippen LogP) is 3.87. The van der Waals surface area contributed by atoms with Crippen LogP contribution >= 0.6 is 11.3 Å². The van der Waals surface area contributed by atoms with Gasteiger partial charge in [0.2, 0.25) is 5.91 Å². The highest BCUT2D eigenvalue weighted by Crippen LogP contribution is 2.26. The van der Waals surface area contributed by atoms with Crippen molar-refractivity contribution in [2.75, 3.05) is 0 Å². The Bertz CT molecular complexity index is 606. The molecule has 1 aliphatic carbocycles. The van der Waals surface area contributed by atoms with Crippen LogP contribution in [0.3, 0.4) is 0 Å². The molecule has 0 bridgehead atoms. The molecular formula is C19H24N2OS. The second-order valence-electron chi connectivity index (χ2n) is 6.24. The highest BCUT2D eigenvalue weighted by atomic mass is 32.1. The van der Waals surface area contributed by atoms with Crippen LogP contribution in [0.25, 0.3) is 0 Å². The second kappa shape index (κ2) is 7.75. The van der Waals surface area contributed by atoms with Crippen LogP contribution in [0.5, 0.6) is 0 Å². The van der Waals surface area contributed by atoms with E-state index in [-0.39, 0.29) is 18.0 Å². The zero-order valence-electron chi connectivity index (χ0n) is 13.5. The minimum Gasteiger partial charge on any atom is -0.352 e. The van der Waals surface area contributed by atoms with Gasteiger partial charge in [-0.05, 0) is 36.8 Å². The van der Waals surface area contributed by atoms with E-state index in [2.05, 4.69) is 40.3 Å². The van der Waals surface area contributed by atoms with Gasteiger partial charge in [-0.25, -0.2) is 0 Å². The molecule has 1 saturated carbocycles. The molecule has 1 amide bonds. The number of carbonyl (C=O) groups is 1. The summed E-state index contributed by atoms with van der Waals surface area (Å²) in [6, 6.07) is 14.7. The molecule has 1 heterocycles. The van der Waals surface area contributed by atoms with Crippen LogP contribution in [0.2, 0.25) is 0 Å². The molecule has 2 atom stereocenters. The Morgan fingerprint density at radius 2 is 1.87 bits per heavy atom. The van der Waals surface area contributed by atoms with Gasteiger partial charge in [-0.15, -0.1) is 11.3 Å². The van der Waals surface area contributed by atoms with E-state index >= 15 is 0 Å². The third-order valence-corrected chi connectivity index (χ3v) is 5.41. The maximum absolute atomic E-state index is 12.5. The van der Waals surface area contributed by atoms with Gasteiger partial charge in [0.05, 0.1) is 12.1 Å². The van der Waals surface area contributed by atoms with E-state index < -0.39 is 0 Å². The third kappa shape index (κ3) is 4.21. The van der Waals surface area contributed by atoms with Gasteiger partial charge in [-0.1, -0.05) is 49.2 Å². The minimum absolute atomic E-state index is 0.0560. The topological polar surface area (TPSA) is 41.1 Å². The molecule has 2 N–H and O–H groups in total. The summed E-state index contributed by atoms with van der Waals surface area (Å²) in [7, 11) is 0.